The minimum atomic E-state index is -0.255. The molecule has 2 heterocycles. The third-order valence-corrected chi connectivity index (χ3v) is 4.33. The number of benzene rings is 1. The summed E-state index contributed by atoms with van der Waals surface area (Å²) < 4.78 is 13.6. The molecule has 0 bridgehead atoms. The Balaban J connectivity index is 1.81. The van der Waals surface area contributed by atoms with E-state index in [-0.39, 0.29) is 5.60 Å². The van der Waals surface area contributed by atoms with Crippen LogP contribution in [0.3, 0.4) is 0 Å². The average molecular weight is 289 g/mol. The SMILES string of the molecule is CCn1nc(COC2(CN)CCOCC2)c2ccccc21. The first-order chi connectivity index (χ1) is 10.3. The second-order valence-electron chi connectivity index (χ2n) is 5.57. The molecule has 0 atom stereocenters. The molecule has 0 radical (unpaired) electrons. The number of nitrogens with two attached hydrogens (primary N) is 1. The Labute approximate surface area is 125 Å². The minimum Gasteiger partial charge on any atom is -0.381 e. The van der Waals surface area contributed by atoms with E-state index in [4.69, 9.17) is 15.2 Å². The van der Waals surface area contributed by atoms with Crippen molar-refractivity contribution >= 4 is 10.9 Å². The Morgan fingerprint density at radius 3 is 2.81 bits per heavy atom. The quantitative estimate of drug-likeness (QED) is 0.915. The molecule has 114 valence electrons. The number of fused-ring (bicyclic) bond motifs is 1. The maximum Gasteiger partial charge on any atom is 0.0960 e. The summed E-state index contributed by atoms with van der Waals surface area (Å²) in [6.07, 6.45) is 1.71. The fourth-order valence-electron chi connectivity index (χ4n) is 2.92. The maximum absolute atomic E-state index is 6.19. The monoisotopic (exact) mass is 289 g/mol. The molecule has 5 nitrogen and oxygen atoms in total. The van der Waals surface area contributed by atoms with Crippen molar-refractivity contribution in [3.05, 3.63) is 30.0 Å². The first kappa shape index (κ1) is 14.5. The summed E-state index contributed by atoms with van der Waals surface area (Å²) in [4.78, 5) is 0. The van der Waals surface area contributed by atoms with Crippen LogP contribution in [-0.4, -0.2) is 35.1 Å². The van der Waals surface area contributed by atoms with Gasteiger partial charge in [0.1, 0.15) is 0 Å². The lowest BCUT2D eigenvalue weighted by molar-refractivity contribution is -0.113. The van der Waals surface area contributed by atoms with E-state index >= 15 is 0 Å². The van der Waals surface area contributed by atoms with Gasteiger partial charge in [-0.05, 0) is 13.0 Å². The third kappa shape index (κ3) is 2.81. The van der Waals surface area contributed by atoms with E-state index in [1.807, 2.05) is 16.8 Å². The van der Waals surface area contributed by atoms with Gasteiger partial charge >= 0.3 is 0 Å². The van der Waals surface area contributed by atoms with Gasteiger partial charge in [-0.1, -0.05) is 18.2 Å². The van der Waals surface area contributed by atoms with Gasteiger partial charge in [0.15, 0.2) is 0 Å². The highest BCUT2D eigenvalue weighted by molar-refractivity contribution is 5.81. The van der Waals surface area contributed by atoms with Gasteiger partial charge in [-0.3, -0.25) is 4.68 Å². The van der Waals surface area contributed by atoms with Gasteiger partial charge in [-0.2, -0.15) is 5.10 Å². The normalized spacial score (nSPS) is 18.2. The molecule has 1 aliphatic rings. The number of aromatic nitrogens is 2. The lowest BCUT2D eigenvalue weighted by atomic mass is 9.94. The van der Waals surface area contributed by atoms with Crippen LogP contribution in [-0.2, 0) is 22.6 Å². The van der Waals surface area contributed by atoms with Crippen molar-refractivity contribution in [2.75, 3.05) is 19.8 Å². The Morgan fingerprint density at radius 2 is 2.10 bits per heavy atom. The third-order valence-electron chi connectivity index (χ3n) is 4.33. The highest BCUT2D eigenvalue weighted by Gasteiger charge is 2.32. The maximum atomic E-state index is 6.19. The zero-order chi connectivity index (χ0) is 14.7. The number of hydrogen-bond acceptors (Lipinski definition) is 4. The van der Waals surface area contributed by atoms with Crippen LogP contribution in [0.5, 0.6) is 0 Å². The van der Waals surface area contributed by atoms with Crippen LogP contribution in [0.4, 0.5) is 0 Å². The molecule has 2 aromatic rings. The van der Waals surface area contributed by atoms with Crippen molar-refractivity contribution in [2.24, 2.45) is 5.73 Å². The molecule has 3 rings (SSSR count). The van der Waals surface area contributed by atoms with E-state index in [9.17, 15) is 0 Å². The predicted octanol–water partition coefficient (Wildman–Crippen LogP) is 2.08. The summed E-state index contributed by atoms with van der Waals surface area (Å²) >= 11 is 0. The van der Waals surface area contributed by atoms with Gasteiger partial charge in [-0.25, -0.2) is 0 Å². The lowest BCUT2D eigenvalue weighted by Gasteiger charge is -2.35. The van der Waals surface area contributed by atoms with E-state index in [2.05, 4.69) is 24.2 Å². The van der Waals surface area contributed by atoms with Crippen LogP contribution < -0.4 is 5.73 Å². The molecule has 0 saturated carbocycles. The van der Waals surface area contributed by atoms with Crippen molar-refractivity contribution in [2.45, 2.75) is 38.5 Å². The first-order valence-corrected chi connectivity index (χ1v) is 7.64. The standard InChI is InChI=1S/C16H23N3O2/c1-2-19-15-6-4-3-5-13(15)14(18-19)11-21-16(12-17)7-9-20-10-8-16/h3-6H,2,7-12,17H2,1H3. The molecule has 5 heteroatoms. The Morgan fingerprint density at radius 1 is 1.33 bits per heavy atom. The molecular formula is C16H23N3O2. The van der Waals surface area contributed by atoms with E-state index < -0.39 is 0 Å². The molecule has 1 fully saturated rings. The molecule has 1 aromatic heterocycles. The molecule has 0 unspecified atom stereocenters. The van der Waals surface area contributed by atoms with E-state index in [0.717, 1.165) is 43.8 Å². The Kier molecular flexibility index (Phi) is 4.24. The van der Waals surface area contributed by atoms with Crippen molar-refractivity contribution in [1.29, 1.82) is 0 Å². The molecule has 2 N–H and O–H groups in total. The fourth-order valence-corrected chi connectivity index (χ4v) is 2.92. The number of aryl methyl sites for hydroxylation is 1. The van der Waals surface area contributed by atoms with Crippen LogP contribution in [0, 0.1) is 0 Å². The summed E-state index contributed by atoms with van der Waals surface area (Å²) in [5.41, 5.74) is 7.84. The number of rotatable bonds is 5. The number of hydrogen-bond donors (Lipinski definition) is 1. The van der Waals surface area contributed by atoms with Gasteiger partial charge in [-0.15, -0.1) is 0 Å². The second kappa shape index (κ2) is 6.13. The highest BCUT2D eigenvalue weighted by Crippen LogP contribution is 2.27. The Bertz CT molecular complexity index is 603. The van der Waals surface area contributed by atoms with Crippen LogP contribution >= 0.6 is 0 Å². The van der Waals surface area contributed by atoms with Crippen LogP contribution in [0.25, 0.3) is 10.9 Å². The molecule has 1 aliphatic heterocycles. The molecule has 0 amide bonds. The van der Waals surface area contributed by atoms with Gasteiger partial charge in [0, 0.05) is 44.5 Å². The summed E-state index contributed by atoms with van der Waals surface area (Å²) in [5, 5.41) is 5.84. The van der Waals surface area contributed by atoms with Gasteiger partial charge in [0.2, 0.25) is 0 Å². The van der Waals surface area contributed by atoms with Crippen molar-refractivity contribution in [3.8, 4) is 0 Å². The summed E-state index contributed by atoms with van der Waals surface area (Å²) in [5.74, 6) is 0. The topological polar surface area (TPSA) is 62.3 Å². The van der Waals surface area contributed by atoms with Gasteiger partial charge < -0.3 is 15.2 Å². The Hall–Kier alpha value is -1.43. The lowest BCUT2D eigenvalue weighted by Crippen LogP contribution is -2.45. The van der Waals surface area contributed by atoms with Crippen molar-refractivity contribution < 1.29 is 9.47 Å². The van der Waals surface area contributed by atoms with Gasteiger partial charge in [0.05, 0.1) is 23.4 Å². The number of para-hydroxylation sites is 1. The first-order valence-electron chi connectivity index (χ1n) is 7.64. The molecular weight excluding hydrogens is 266 g/mol. The zero-order valence-electron chi connectivity index (χ0n) is 12.5. The van der Waals surface area contributed by atoms with Crippen molar-refractivity contribution in [3.63, 3.8) is 0 Å². The van der Waals surface area contributed by atoms with E-state index in [0.29, 0.717) is 13.2 Å². The highest BCUT2D eigenvalue weighted by atomic mass is 16.5. The predicted molar refractivity (Wildman–Crippen MR) is 82.0 cm³/mol. The minimum absolute atomic E-state index is 0.255. The molecule has 0 spiro atoms. The molecule has 21 heavy (non-hydrogen) atoms. The molecule has 1 saturated heterocycles. The van der Waals surface area contributed by atoms with Crippen LogP contribution in [0.2, 0.25) is 0 Å². The largest absolute Gasteiger partial charge is 0.381 e. The molecule has 0 aliphatic carbocycles. The average Bonchev–Trinajstić information content (AvgIpc) is 2.92. The second-order valence-corrected chi connectivity index (χ2v) is 5.57. The van der Waals surface area contributed by atoms with Crippen LogP contribution in [0.1, 0.15) is 25.5 Å². The molecule has 1 aromatic carbocycles. The number of ether oxygens (including phenoxy) is 2. The van der Waals surface area contributed by atoms with Crippen molar-refractivity contribution in [1.82, 2.24) is 9.78 Å². The van der Waals surface area contributed by atoms with E-state index in [1.165, 1.54) is 5.39 Å². The van der Waals surface area contributed by atoms with Gasteiger partial charge in [0.25, 0.3) is 0 Å². The van der Waals surface area contributed by atoms with E-state index in [1.54, 1.807) is 0 Å². The summed E-state index contributed by atoms with van der Waals surface area (Å²) in [6, 6.07) is 8.29. The van der Waals surface area contributed by atoms with Crippen LogP contribution in [0.15, 0.2) is 24.3 Å². The summed E-state index contributed by atoms with van der Waals surface area (Å²) in [7, 11) is 0. The fraction of sp³-hybridized carbons (Fsp3) is 0.562. The smallest absolute Gasteiger partial charge is 0.0960 e. The zero-order valence-corrected chi connectivity index (χ0v) is 12.5. The summed E-state index contributed by atoms with van der Waals surface area (Å²) in [6.45, 7) is 5.44. The number of nitrogens with zero attached hydrogens (tertiary/aromatic N) is 2.